The third kappa shape index (κ3) is 12.0. The third-order valence-electron chi connectivity index (χ3n) is 12.9. The molecule has 2 fully saturated rings. The number of nitriles is 1. The van der Waals surface area contributed by atoms with Gasteiger partial charge in [0.2, 0.25) is 17.7 Å². The quantitative estimate of drug-likeness (QED) is 0.0595. The number of hydrogen-bond acceptors (Lipinski definition) is 11. The summed E-state index contributed by atoms with van der Waals surface area (Å²) >= 11 is 5.67. The van der Waals surface area contributed by atoms with Gasteiger partial charge in [0, 0.05) is 30.8 Å². The van der Waals surface area contributed by atoms with Crippen molar-refractivity contribution in [3.8, 4) is 34.3 Å². The molecule has 0 bridgehead atoms. The van der Waals surface area contributed by atoms with E-state index >= 15 is 0 Å². The Labute approximate surface area is 427 Å². The first-order valence-corrected chi connectivity index (χ1v) is 24.2. The lowest BCUT2D eigenvalue weighted by molar-refractivity contribution is -0.144. The molecule has 0 saturated carbocycles. The molecule has 2 aliphatic heterocycles. The van der Waals surface area contributed by atoms with Crippen LogP contribution in [-0.4, -0.2) is 93.8 Å². The van der Waals surface area contributed by atoms with Crippen LogP contribution in [-0.2, 0) is 30.1 Å². The number of thiocarbonyl (C=S) groups is 1. The maximum Gasteiger partial charge on any atom is 0.417 e. The number of carbonyl (C=O) groups excluding carboxylic acids is 4. The number of aliphatic hydroxyl groups excluding tert-OH is 1. The normalized spacial score (nSPS) is 17.6. The number of aliphatic hydroxyl groups is 1. The molecule has 2 saturated heterocycles. The summed E-state index contributed by atoms with van der Waals surface area (Å²) in [6.07, 6.45) is -3.06. The number of amides is 4. The van der Waals surface area contributed by atoms with E-state index in [1.807, 2.05) is 95.3 Å². The number of hydrogen-bond donors (Lipinski definition) is 3. The molecule has 0 aliphatic carbocycles. The van der Waals surface area contributed by atoms with Crippen molar-refractivity contribution in [3.05, 3.63) is 120 Å². The molecule has 0 spiro atoms. The van der Waals surface area contributed by atoms with E-state index < -0.39 is 76.1 Å². The summed E-state index contributed by atoms with van der Waals surface area (Å²) in [6.45, 7) is 12.7. The predicted octanol–water partition coefficient (Wildman–Crippen LogP) is 8.67. The zero-order chi connectivity index (χ0) is 53.0. The van der Waals surface area contributed by atoms with Crippen LogP contribution in [0.4, 0.5) is 24.5 Å². The van der Waals surface area contributed by atoms with Crippen molar-refractivity contribution < 1.29 is 51.3 Å². The summed E-state index contributed by atoms with van der Waals surface area (Å²) in [6, 6.07) is 24.5. The fourth-order valence-electron chi connectivity index (χ4n) is 8.89. The summed E-state index contributed by atoms with van der Waals surface area (Å²) in [4.78, 5) is 62.6. The highest BCUT2D eigenvalue weighted by Crippen LogP contribution is 2.40. The molecule has 5 aromatic rings. The standard InChI is InChI=1S/C54H58F3N7O8S/c1-32(34-10-12-37(13-11-34)46-33(2)59-31-72-46)60-48(67)44-27-41(65)29-62(44)49(68)47(52(3,4)5)61-45(66)30-70-24-8-9-25-71-42-22-17-36(18-23-42)35-14-19-39(20-15-35)64-51(73)63(50(69)53(64,6)7)40-21-16-38(28-58)43(26-40)54(55,56)57/h10-23,26,31-32,41,44,47,65H,8-9,24-25,27,29-30H2,1-7H3,(H,60,67)(H,61,66)/t32?,41-,44+,47?/m1/s1. The van der Waals surface area contributed by atoms with Gasteiger partial charge in [0.15, 0.2) is 17.3 Å². The van der Waals surface area contributed by atoms with Crippen LogP contribution in [0.5, 0.6) is 5.75 Å². The minimum atomic E-state index is -4.81. The van der Waals surface area contributed by atoms with Gasteiger partial charge in [-0.1, -0.05) is 69.3 Å². The summed E-state index contributed by atoms with van der Waals surface area (Å²) < 4.78 is 58.4. The Bertz CT molecular complexity index is 2880. The average Bonchev–Trinajstić information content (AvgIpc) is 4.01. The second-order valence-corrected chi connectivity index (χ2v) is 20.1. The Morgan fingerprint density at radius 3 is 2.15 bits per heavy atom. The molecule has 1 aromatic heterocycles. The number of aryl methyl sites for hydroxylation is 1. The number of unbranched alkanes of at least 4 members (excludes halogenated alkanes) is 1. The van der Waals surface area contributed by atoms with E-state index in [-0.39, 0.29) is 37.0 Å². The van der Waals surface area contributed by atoms with Gasteiger partial charge in [0.05, 0.1) is 47.3 Å². The van der Waals surface area contributed by atoms with Crippen molar-refractivity contribution in [2.45, 2.75) is 104 Å². The Kier molecular flexibility index (Phi) is 16.1. The number of likely N-dealkylation sites (tertiary alicyclic amines) is 1. The van der Waals surface area contributed by atoms with Crippen LogP contribution in [0.1, 0.15) is 89.2 Å². The molecule has 73 heavy (non-hydrogen) atoms. The van der Waals surface area contributed by atoms with Crippen LogP contribution >= 0.6 is 12.2 Å². The summed E-state index contributed by atoms with van der Waals surface area (Å²) in [5.74, 6) is -0.594. The van der Waals surface area contributed by atoms with Crippen LogP contribution in [0.3, 0.4) is 0 Å². The van der Waals surface area contributed by atoms with Crippen molar-refractivity contribution in [1.82, 2.24) is 20.5 Å². The molecular formula is C54H58F3N7O8S. The number of carbonyl (C=O) groups is 4. The Morgan fingerprint density at radius 1 is 0.932 bits per heavy atom. The van der Waals surface area contributed by atoms with Gasteiger partial charge in [-0.2, -0.15) is 18.4 Å². The molecular weight excluding hydrogens is 964 g/mol. The predicted molar refractivity (Wildman–Crippen MR) is 271 cm³/mol. The highest BCUT2D eigenvalue weighted by Gasteiger charge is 2.51. The lowest BCUT2D eigenvalue weighted by atomic mass is 9.85. The van der Waals surface area contributed by atoms with Crippen LogP contribution < -0.4 is 25.2 Å². The van der Waals surface area contributed by atoms with Gasteiger partial charge in [-0.25, -0.2) is 4.98 Å². The first-order valence-electron chi connectivity index (χ1n) is 23.8. The van der Waals surface area contributed by atoms with Crippen LogP contribution in [0.25, 0.3) is 22.5 Å². The van der Waals surface area contributed by atoms with Crippen LogP contribution in [0, 0.1) is 23.7 Å². The number of halogens is 3. The minimum Gasteiger partial charge on any atom is -0.494 e. The molecule has 2 unspecified atom stereocenters. The maximum absolute atomic E-state index is 14.1. The van der Waals surface area contributed by atoms with Crippen LogP contribution in [0.2, 0.25) is 0 Å². The van der Waals surface area contributed by atoms with E-state index in [9.17, 15) is 42.7 Å². The number of β-amino-alcohol motifs (C(OH)–C–C–N with tert-alkyl or cyclic N) is 1. The zero-order valence-electron chi connectivity index (χ0n) is 41.6. The van der Waals surface area contributed by atoms with E-state index in [1.165, 1.54) is 17.4 Å². The Balaban J connectivity index is 0.847. The highest BCUT2D eigenvalue weighted by molar-refractivity contribution is 7.81. The minimum absolute atomic E-state index is 0.00112. The molecule has 7 rings (SSSR count). The number of alkyl halides is 3. The van der Waals surface area contributed by atoms with E-state index in [0.29, 0.717) is 36.6 Å². The number of nitrogens with zero attached hydrogens (tertiary/aromatic N) is 5. The van der Waals surface area contributed by atoms with Gasteiger partial charge in [-0.3, -0.25) is 24.1 Å². The lowest BCUT2D eigenvalue weighted by Gasteiger charge is -2.35. The van der Waals surface area contributed by atoms with Crippen molar-refractivity contribution in [3.63, 3.8) is 0 Å². The van der Waals surface area contributed by atoms with Gasteiger partial charge >= 0.3 is 6.18 Å². The van der Waals surface area contributed by atoms with E-state index in [0.717, 1.165) is 45.0 Å². The molecule has 4 amide bonds. The fourth-order valence-corrected chi connectivity index (χ4v) is 9.41. The number of anilines is 2. The fraction of sp³-hybridized carbons (Fsp3) is 0.389. The van der Waals surface area contributed by atoms with E-state index in [1.54, 1.807) is 36.9 Å². The van der Waals surface area contributed by atoms with Crippen molar-refractivity contribution in [1.29, 1.82) is 5.26 Å². The molecule has 384 valence electrons. The maximum atomic E-state index is 14.1. The van der Waals surface area contributed by atoms with Gasteiger partial charge < -0.3 is 39.4 Å². The molecule has 4 aromatic carbocycles. The number of aromatic nitrogens is 1. The van der Waals surface area contributed by atoms with Gasteiger partial charge in [-0.05, 0) is 117 Å². The topological polar surface area (TPSA) is 191 Å². The first-order chi connectivity index (χ1) is 34.5. The molecule has 2 aliphatic rings. The van der Waals surface area contributed by atoms with E-state index in [2.05, 4.69) is 15.6 Å². The molecule has 0 radical (unpaired) electrons. The number of oxazole rings is 1. The smallest absolute Gasteiger partial charge is 0.417 e. The monoisotopic (exact) mass is 1020 g/mol. The van der Waals surface area contributed by atoms with Crippen molar-refractivity contribution in [2.24, 2.45) is 5.41 Å². The van der Waals surface area contributed by atoms with Gasteiger partial charge in [0.1, 0.15) is 30.0 Å². The average molecular weight is 1020 g/mol. The molecule has 3 N–H and O–H groups in total. The van der Waals surface area contributed by atoms with Crippen molar-refractivity contribution >= 4 is 52.3 Å². The van der Waals surface area contributed by atoms with Gasteiger partial charge in [0.25, 0.3) is 5.91 Å². The number of rotatable bonds is 17. The number of ether oxygens (including phenoxy) is 2. The van der Waals surface area contributed by atoms with Crippen LogP contribution in [0.15, 0.2) is 102 Å². The lowest BCUT2D eigenvalue weighted by Crippen LogP contribution is -2.58. The molecule has 15 nitrogen and oxygen atoms in total. The second-order valence-electron chi connectivity index (χ2n) is 19.7. The Morgan fingerprint density at radius 2 is 1.55 bits per heavy atom. The summed E-state index contributed by atoms with van der Waals surface area (Å²) in [5.41, 5.74) is 0.980. The Hall–Kier alpha value is -7.14. The highest BCUT2D eigenvalue weighted by atomic mass is 32.1. The van der Waals surface area contributed by atoms with E-state index in [4.69, 9.17) is 26.1 Å². The first kappa shape index (κ1) is 53.7. The summed E-state index contributed by atoms with van der Waals surface area (Å²) in [5, 5.41) is 25.7. The largest absolute Gasteiger partial charge is 0.494 e. The molecule has 4 atom stereocenters. The SMILES string of the molecule is Cc1ncoc1-c1ccc(C(C)NC(=O)[C@@H]2C[C@@H](O)CN2C(=O)C(NC(=O)COCCCCOc2ccc(-c3ccc(N4C(=S)N(c5ccc(C#N)c(C(F)(F)F)c5)C(=O)C4(C)C)cc3)cc2)C(C)(C)C)cc1. The second kappa shape index (κ2) is 21.9. The molecule has 3 heterocycles. The number of benzene rings is 4. The third-order valence-corrected chi connectivity index (χ3v) is 13.3. The van der Waals surface area contributed by atoms with Crippen molar-refractivity contribution in [2.75, 3.05) is 36.2 Å². The van der Waals surface area contributed by atoms with Gasteiger partial charge in [-0.15, -0.1) is 0 Å². The zero-order valence-corrected chi connectivity index (χ0v) is 42.4. The molecule has 19 heteroatoms. The summed E-state index contributed by atoms with van der Waals surface area (Å²) in [7, 11) is 0. The number of nitrogens with one attached hydrogen (secondary N) is 2.